The maximum absolute atomic E-state index is 5.86. The Balaban J connectivity index is 2.31. The van der Waals surface area contributed by atoms with Crippen LogP contribution in [0.3, 0.4) is 0 Å². The van der Waals surface area contributed by atoms with Crippen LogP contribution in [0.15, 0.2) is 30.3 Å². The second kappa shape index (κ2) is 6.92. The second-order valence-electron chi connectivity index (χ2n) is 4.87. The van der Waals surface area contributed by atoms with Crippen LogP contribution in [-0.2, 0) is 6.61 Å². The molecule has 1 aromatic carbocycles. The normalized spacial score (nSPS) is 10.5. The first-order chi connectivity index (χ1) is 10.2. The zero-order chi connectivity index (χ0) is 15.2. The lowest BCUT2D eigenvalue weighted by molar-refractivity contribution is 0.271. The Kier molecular flexibility index (Phi) is 4.98. The van der Waals surface area contributed by atoms with Gasteiger partial charge in [-0.1, -0.05) is 44.2 Å². The fourth-order valence-electron chi connectivity index (χ4n) is 1.99. The molecule has 21 heavy (non-hydrogen) atoms. The topological polar surface area (TPSA) is 53.5 Å². The van der Waals surface area contributed by atoms with Gasteiger partial charge in [0.25, 0.3) is 0 Å². The van der Waals surface area contributed by atoms with Gasteiger partial charge in [-0.25, -0.2) is 0 Å². The van der Waals surface area contributed by atoms with E-state index in [1.54, 1.807) is 7.11 Å². The van der Waals surface area contributed by atoms with E-state index in [-0.39, 0.29) is 11.9 Å². The van der Waals surface area contributed by atoms with E-state index in [2.05, 4.69) is 9.97 Å². The van der Waals surface area contributed by atoms with E-state index < -0.39 is 0 Å². The van der Waals surface area contributed by atoms with Crippen molar-refractivity contribution in [2.45, 2.75) is 26.4 Å². The molecule has 0 bridgehead atoms. The summed E-state index contributed by atoms with van der Waals surface area (Å²) in [5.74, 6) is 1.16. The molecule has 0 aliphatic carbocycles. The number of benzene rings is 1. The molecular weight excluding hydrogens is 268 g/mol. The quantitative estimate of drug-likeness (QED) is 0.817. The molecule has 0 amide bonds. The molecule has 1 heterocycles. The summed E-state index contributed by atoms with van der Waals surface area (Å²) in [6.07, 6.45) is 0. The van der Waals surface area contributed by atoms with E-state index in [1.165, 1.54) is 7.11 Å². The molecule has 0 aliphatic rings. The minimum absolute atomic E-state index is 0.177. The van der Waals surface area contributed by atoms with Gasteiger partial charge in [-0.3, -0.25) is 0 Å². The first-order valence-electron chi connectivity index (χ1n) is 6.82. The van der Waals surface area contributed by atoms with Crippen LogP contribution >= 0.6 is 0 Å². The molecule has 2 aromatic rings. The molecule has 0 saturated heterocycles. The third kappa shape index (κ3) is 3.62. The smallest absolute Gasteiger partial charge is 0.322 e. The summed E-state index contributed by atoms with van der Waals surface area (Å²) in [6.45, 7) is 4.52. The maximum Gasteiger partial charge on any atom is 0.322 e. The minimum Gasteiger partial charge on any atom is -0.481 e. The third-order valence-corrected chi connectivity index (χ3v) is 3.03. The van der Waals surface area contributed by atoms with Gasteiger partial charge < -0.3 is 14.2 Å². The maximum atomic E-state index is 5.86. The standard InChI is InChI=1S/C16H20N2O3/c1-11(2)13-14(19-3)17-16(20-4)18-15(13)21-10-12-8-6-5-7-9-12/h5-9,11H,10H2,1-4H3. The van der Waals surface area contributed by atoms with E-state index in [1.807, 2.05) is 44.2 Å². The molecule has 0 unspecified atom stereocenters. The molecule has 112 valence electrons. The van der Waals surface area contributed by atoms with Crippen molar-refractivity contribution in [3.63, 3.8) is 0 Å². The van der Waals surface area contributed by atoms with Crippen molar-refractivity contribution in [3.8, 4) is 17.8 Å². The van der Waals surface area contributed by atoms with Crippen LogP contribution in [0.2, 0.25) is 0 Å². The Morgan fingerprint density at radius 1 is 0.952 bits per heavy atom. The average molecular weight is 288 g/mol. The number of methoxy groups -OCH3 is 2. The van der Waals surface area contributed by atoms with E-state index in [0.29, 0.717) is 18.4 Å². The molecule has 0 saturated carbocycles. The first-order valence-corrected chi connectivity index (χ1v) is 6.82. The lowest BCUT2D eigenvalue weighted by atomic mass is 10.1. The van der Waals surface area contributed by atoms with E-state index in [0.717, 1.165) is 11.1 Å². The van der Waals surface area contributed by atoms with Gasteiger partial charge in [-0.15, -0.1) is 0 Å². The SMILES string of the molecule is COc1nc(OC)c(C(C)C)c(OCc2ccccc2)n1. The summed E-state index contributed by atoms with van der Waals surface area (Å²) in [5.41, 5.74) is 1.91. The predicted molar refractivity (Wildman–Crippen MR) is 80.0 cm³/mol. The number of ether oxygens (including phenoxy) is 3. The zero-order valence-corrected chi connectivity index (χ0v) is 12.8. The summed E-state index contributed by atoms with van der Waals surface area (Å²) < 4.78 is 16.3. The molecule has 0 spiro atoms. The van der Waals surface area contributed by atoms with Crippen molar-refractivity contribution >= 4 is 0 Å². The molecule has 0 radical (unpaired) electrons. The van der Waals surface area contributed by atoms with Crippen LogP contribution in [0.5, 0.6) is 17.8 Å². The molecule has 5 nitrogen and oxygen atoms in total. The zero-order valence-electron chi connectivity index (χ0n) is 12.8. The lowest BCUT2D eigenvalue weighted by Crippen LogP contribution is -2.07. The van der Waals surface area contributed by atoms with E-state index >= 15 is 0 Å². The highest BCUT2D eigenvalue weighted by Gasteiger charge is 2.20. The van der Waals surface area contributed by atoms with Gasteiger partial charge in [0, 0.05) is 0 Å². The molecule has 2 rings (SSSR count). The Morgan fingerprint density at radius 2 is 1.62 bits per heavy atom. The Morgan fingerprint density at radius 3 is 2.19 bits per heavy atom. The summed E-state index contributed by atoms with van der Waals surface area (Å²) in [7, 11) is 3.10. The molecule has 0 aliphatic heterocycles. The highest BCUT2D eigenvalue weighted by Crippen LogP contribution is 2.34. The van der Waals surface area contributed by atoms with Gasteiger partial charge in [0.15, 0.2) is 0 Å². The number of nitrogens with zero attached hydrogens (tertiary/aromatic N) is 2. The lowest BCUT2D eigenvalue weighted by Gasteiger charge is -2.16. The Bertz CT molecular complexity index is 586. The van der Waals surface area contributed by atoms with Crippen molar-refractivity contribution in [1.29, 1.82) is 0 Å². The predicted octanol–water partition coefficient (Wildman–Crippen LogP) is 3.20. The van der Waals surface area contributed by atoms with Crippen LogP contribution in [-0.4, -0.2) is 24.2 Å². The minimum atomic E-state index is 0.177. The molecule has 0 fully saturated rings. The highest BCUT2D eigenvalue weighted by molar-refractivity contribution is 5.39. The van der Waals surface area contributed by atoms with Gasteiger partial charge in [0.1, 0.15) is 6.61 Å². The van der Waals surface area contributed by atoms with Crippen LogP contribution in [0.1, 0.15) is 30.9 Å². The van der Waals surface area contributed by atoms with Gasteiger partial charge in [-0.2, -0.15) is 9.97 Å². The van der Waals surface area contributed by atoms with E-state index in [9.17, 15) is 0 Å². The first kappa shape index (κ1) is 15.1. The summed E-state index contributed by atoms with van der Waals surface area (Å²) in [5, 5.41) is 0. The Hall–Kier alpha value is -2.30. The summed E-state index contributed by atoms with van der Waals surface area (Å²) in [6, 6.07) is 10.2. The van der Waals surface area contributed by atoms with Gasteiger partial charge in [0.2, 0.25) is 11.8 Å². The van der Waals surface area contributed by atoms with Crippen molar-refractivity contribution in [2.24, 2.45) is 0 Å². The number of aromatic nitrogens is 2. The number of rotatable bonds is 6. The monoisotopic (exact) mass is 288 g/mol. The third-order valence-electron chi connectivity index (χ3n) is 3.03. The molecular formula is C16H20N2O3. The van der Waals surface area contributed by atoms with Crippen molar-refractivity contribution < 1.29 is 14.2 Å². The summed E-state index contributed by atoms with van der Waals surface area (Å²) in [4.78, 5) is 8.51. The summed E-state index contributed by atoms with van der Waals surface area (Å²) >= 11 is 0. The molecule has 0 N–H and O–H groups in total. The fourth-order valence-corrected chi connectivity index (χ4v) is 1.99. The fraction of sp³-hybridized carbons (Fsp3) is 0.375. The van der Waals surface area contributed by atoms with Crippen LogP contribution in [0.4, 0.5) is 0 Å². The molecule has 5 heteroatoms. The molecule has 0 atom stereocenters. The van der Waals surface area contributed by atoms with Crippen molar-refractivity contribution in [1.82, 2.24) is 9.97 Å². The van der Waals surface area contributed by atoms with Gasteiger partial charge in [-0.05, 0) is 11.5 Å². The highest BCUT2D eigenvalue weighted by atomic mass is 16.5. The number of hydrogen-bond donors (Lipinski definition) is 0. The van der Waals surface area contributed by atoms with Gasteiger partial charge in [0.05, 0.1) is 19.8 Å². The van der Waals surface area contributed by atoms with Crippen LogP contribution in [0.25, 0.3) is 0 Å². The average Bonchev–Trinajstić information content (AvgIpc) is 2.52. The van der Waals surface area contributed by atoms with Crippen LogP contribution in [0, 0.1) is 0 Å². The largest absolute Gasteiger partial charge is 0.481 e. The van der Waals surface area contributed by atoms with Gasteiger partial charge >= 0.3 is 6.01 Å². The van der Waals surface area contributed by atoms with E-state index in [4.69, 9.17) is 14.2 Å². The number of hydrogen-bond acceptors (Lipinski definition) is 5. The van der Waals surface area contributed by atoms with Crippen LogP contribution < -0.4 is 14.2 Å². The Labute approximate surface area is 124 Å². The molecule has 1 aromatic heterocycles. The van der Waals surface area contributed by atoms with Crippen molar-refractivity contribution in [2.75, 3.05) is 14.2 Å². The van der Waals surface area contributed by atoms with Crippen molar-refractivity contribution in [3.05, 3.63) is 41.5 Å². The second-order valence-corrected chi connectivity index (χ2v) is 4.87.